The van der Waals surface area contributed by atoms with Crippen LogP contribution in [0.3, 0.4) is 0 Å². The van der Waals surface area contributed by atoms with Crippen LogP contribution in [-0.2, 0) is 6.42 Å². The zero-order valence-electron chi connectivity index (χ0n) is 8.87. The van der Waals surface area contributed by atoms with Crippen LogP contribution in [0.4, 0.5) is 0 Å². The van der Waals surface area contributed by atoms with Gasteiger partial charge in [0.1, 0.15) is 5.75 Å². The van der Waals surface area contributed by atoms with Gasteiger partial charge in [-0.25, -0.2) is 9.95 Å². The fourth-order valence-corrected chi connectivity index (χ4v) is 2.00. The van der Waals surface area contributed by atoms with E-state index in [2.05, 4.69) is 5.16 Å². The molecular formula is C12H11NO3. The van der Waals surface area contributed by atoms with Gasteiger partial charge in [0.2, 0.25) is 0 Å². The smallest absolute Gasteiger partial charge is 0.361 e. The van der Waals surface area contributed by atoms with Crippen molar-refractivity contribution in [2.45, 2.75) is 13.3 Å². The summed E-state index contributed by atoms with van der Waals surface area (Å²) in [7, 11) is 0. The molecule has 16 heavy (non-hydrogen) atoms. The molecule has 1 N–H and O–H groups in total. The summed E-state index contributed by atoms with van der Waals surface area (Å²) in [4.78, 5) is 11.5. The number of nitrogens with one attached hydrogen (secondary N) is 1. The average molecular weight is 217 g/mol. The molecule has 0 aliphatic carbocycles. The maximum atomic E-state index is 11.5. The van der Waals surface area contributed by atoms with E-state index in [1.165, 1.54) is 0 Å². The minimum Gasteiger partial charge on any atom is -0.493 e. The van der Waals surface area contributed by atoms with Crippen molar-refractivity contribution in [3.8, 4) is 17.0 Å². The van der Waals surface area contributed by atoms with Crippen molar-refractivity contribution in [2.75, 3.05) is 6.61 Å². The Balaban J connectivity index is 2.32. The first-order valence-corrected chi connectivity index (χ1v) is 5.20. The number of aromatic nitrogens is 1. The highest BCUT2D eigenvalue weighted by Crippen LogP contribution is 2.33. The predicted molar refractivity (Wildman–Crippen MR) is 58.7 cm³/mol. The highest BCUT2D eigenvalue weighted by molar-refractivity contribution is 5.70. The topological polar surface area (TPSA) is 55.2 Å². The molecule has 0 bridgehead atoms. The molecule has 4 heteroatoms. The molecule has 2 aromatic rings. The molecule has 0 spiro atoms. The van der Waals surface area contributed by atoms with Gasteiger partial charge in [0.05, 0.1) is 17.9 Å². The minimum atomic E-state index is -0.298. The first kappa shape index (κ1) is 9.27. The van der Waals surface area contributed by atoms with E-state index in [1.54, 1.807) is 0 Å². The lowest BCUT2D eigenvalue weighted by Crippen LogP contribution is -2.06. The van der Waals surface area contributed by atoms with Gasteiger partial charge in [0.25, 0.3) is 0 Å². The Hall–Kier alpha value is -1.97. The Morgan fingerprint density at radius 2 is 2.25 bits per heavy atom. The SMILES string of the molecule is Cc1ccc2c(c1)-c1[nH]oc(=O)c1CCO2. The molecule has 2 heterocycles. The molecule has 4 nitrogen and oxygen atoms in total. The summed E-state index contributed by atoms with van der Waals surface area (Å²) in [5.74, 6) is 0.793. The van der Waals surface area contributed by atoms with Gasteiger partial charge in [-0.2, -0.15) is 0 Å². The van der Waals surface area contributed by atoms with E-state index in [-0.39, 0.29) is 5.63 Å². The van der Waals surface area contributed by atoms with Crippen molar-refractivity contribution >= 4 is 0 Å². The number of hydrogen-bond acceptors (Lipinski definition) is 3. The van der Waals surface area contributed by atoms with Gasteiger partial charge in [-0.05, 0) is 19.1 Å². The quantitative estimate of drug-likeness (QED) is 0.733. The van der Waals surface area contributed by atoms with Gasteiger partial charge < -0.3 is 9.26 Å². The van der Waals surface area contributed by atoms with E-state index in [1.807, 2.05) is 25.1 Å². The standard InChI is InChI=1S/C12H11NO3/c1-7-2-3-10-9(6-7)11-8(4-5-15-10)12(14)16-13-11/h2-3,6,13H,4-5H2,1H3. The first-order chi connectivity index (χ1) is 7.75. The molecule has 1 aliphatic rings. The summed E-state index contributed by atoms with van der Waals surface area (Å²) in [6.45, 7) is 2.51. The number of benzene rings is 1. The second kappa shape index (κ2) is 3.27. The lowest BCUT2D eigenvalue weighted by atomic mass is 10.0. The third kappa shape index (κ3) is 1.26. The molecule has 0 radical (unpaired) electrons. The highest BCUT2D eigenvalue weighted by atomic mass is 16.5. The largest absolute Gasteiger partial charge is 0.493 e. The van der Waals surface area contributed by atoms with Crippen molar-refractivity contribution in [1.29, 1.82) is 0 Å². The average Bonchev–Trinajstić information content (AvgIpc) is 2.54. The van der Waals surface area contributed by atoms with Crippen LogP contribution >= 0.6 is 0 Å². The molecule has 1 aliphatic heterocycles. The molecule has 0 saturated carbocycles. The van der Waals surface area contributed by atoms with Gasteiger partial charge >= 0.3 is 5.63 Å². The third-order valence-corrected chi connectivity index (χ3v) is 2.81. The molecule has 0 atom stereocenters. The summed E-state index contributed by atoms with van der Waals surface area (Å²) >= 11 is 0. The molecule has 3 rings (SSSR count). The summed E-state index contributed by atoms with van der Waals surface area (Å²) in [6.07, 6.45) is 0.578. The minimum absolute atomic E-state index is 0.298. The molecule has 0 unspecified atom stereocenters. The lowest BCUT2D eigenvalue weighted by molar-refractivity contribution is 0.322. The van der Waals surface area contributed by atoms with Crippen LogP contribution in [0.2, 0.25) is 0 Å². The van der Waals surface area contributed by atoms with Crippen LogP contribution in [0.15, 0.2) is 27.5 Å². The van der Waals surface area contributed by atoms with Crippen molar-refractivity contribution in [2.24, 2.45) is 0 Å². The van der Waals surface area contributed by atoms with Crippen LogP contribution in [-0.4, -0.2) is 11.8 Å². The second-order valence-electron chi connectivity index (χ2n) is 3.94. The molecule has 1 aromatic heterocycles. The van der Waals surface area contributed by atoms with Crippen molar-refractivity contribution < 1.29 is 9.26 Å². The highest BCUT2D eigenvalue weighted by Gasteiger charge is 2.20. The Bertz CT molecular complexity index is 595. The van der Waals surface area contributed by atoms with Crippen molar-refractivity contribution in [3.63, 3.8) is 0 Å². The summed E-state index contributed by atoms with van der Waals surface area (Å²) in [5, 5.41) is 2.68. The molecule has 82 valence electrons. The van der Waals surface area contributed by atoms with E-state index >= 15 is 0 Å². The van der Waals surface area contributed by atoms with Crippen molar-refractivity contribution in [1.82, 2.24) is 5.16 Å². The van der Waals surface area contributed by atoms with Crippen LogP contribution in [0.25, 0.3) is 11.3 Å². The van der Waals surface area contributed by atoms with E-state index in [0.717, 1.165) is 22.6 Å². The van der Waals surface area contributed by atoms with Gasteiger partial charge in [-0.1, -0.05) is 11.6 Å². The maximum Gasteiger partial charge on any atom is 0.361 e. The number of ether oxygens (including phenoxy) is 1. The summed E-state index contributed by atoms with van der Waals surface area (Å²) < 4.78 is 10.4. The number of fused-ring (bicyclic) bond motifs is 3. The third-order valence-electron chi connectivity index (χ3n) is 2.81. The normalized spacial score (nSPS) is 13.6. The number of aromatic amines is 1. The Morgan fingerprint density at radius 3 is 3.12 bits per heavy atom. The zero-order chi connectivity index (χ0) is 11.1. The second-order valence-corrected chi connectivity index (χ2v) is 3.94. The van der Waals surface area contributed by atoms with Crippen LogP contribution < -0.4 is 10.4 Å². The number of H-pyrrole nitrogens is 1. The molecule has 0 fully saturated rings. The monoisotopic (exact) mass is 217 g/mol. The van der Waals surface area contributed by atoms with E-state index in [0.29, 0.717) is 18.6 Å². The Kier molecular flexibility index (Phi) is 1.89. The Morgan fingerprint density at radius 1 is 1.38 bits per heavy atom. The van der Waals surface area contributed by atoms with Crippen LogP contribution in [0.5, 0.6) is 5.75 Å². The Labute approximate surface area is 91.8 Å². The van der Waals surface area contributed by atoms with E-state index < -0.39 is 0 Å². The summed E-state index contributed by atoms with van der Waals surface area (Å²) in [6, 6.07) is 5.90. The maximum absolute atomic E-state index is 11.5. The van der Waals surface area contributed by atoms with E-state index in [9.17, 15) is 4.79 Å². The number of rotatable bonds is 0. The molecule has 0 saturated heterocycles. The first-order valence-electron chi connectivity index (χ1n) is 5.20. The number of hydrogen-bond donors (Lipinski definition) is 1. The van der Waals surface area contributed by atoms with Crippen LogP contribution in [0.1, 0.15) is 11.1 Å². The van der Waals surface area contributed by atoms with Crippen LogP contribution in [0, 0.1) is 6.92 Å². The molecule has 1 aromatic carbocycles. The van der Waals surface area contributed by atoms with Crippen molar-refractivity contribution in [3.05, 3.63) is 39.7 Å². The van der Waals surface area contributed by atoms with Gasteiger partial charge in [0, 0.05) is 12.0 Å². The molecular weight excluding hydrogens is 206 g/mol. The van der Waals surface area contributed by atoms with E-state index in [4.69, 9.17) is 9.26 Å². The fraction of sp³-hybridized carbons (Fsp3) is 0.250. The number of aryl methyl sites for hydroxylation is 1. The lowest BCUT2D eigenvalue weighted by Gasteiger charge is -2.06. The van der Waals surface area contributed by atoms with Gasteiger partial charge in [-0.3, -0.25) is 0 Å². The fourth-order valence-electron chi connectivity index (χ4n) is 2.00. The predicted octanol–water partition coefficient (Wildman–Crippen LogP) is 1.88. The summed E-state index contributed by atoms with van der Waals surface area (Å²) in [5.41, 5.74) is 3.15. The van der Waals surface area contributed by atoms with Gasteiger partial charge in [-0.15, -0.1) is 0 Å². The zero-order valence-corrected chi connectivity index (χ0v) is 8.87. The van der Waals surface area contributed by atoms with Gasteiger partial charge in [0.15, 0.2) is 0 Å². The molecule has 0 amide bonds.